The smallest absolute Gasteiger partial charge is 0.241 e. The second-order valence-electron chi connectivity index (χ2n) is 7.06. The van der Waals surface area contributed by atoms with Crippen LogP contribution < -0.4 is 9.64 Å². The summed E-state index contributed by atoms with van der Waals surface area (Å²) in [5.41, 5.74) is 1.79. The molecule has 2 aliphatic heterocycles. The van der Waals surface area contributed by atoms with Crippen LogP contribution in [0.3, 0.4) is 0 Å². The van der Waals surface area contributed by atoms with Crippen molar-refractivity contribution in [2.45, 2.75) is 18.6 Å². The number of carbonyl (C=O) groups excluding carboxylic acids is 1. The van der Waals surface area contributed by atoms with Crippen LogP contribution in [0.4, 0.5) is 5.69 Å². The van der Waals surface area contributed by atoms with Crippen LogP contribution in [0.1, 0.15) is 5.56 Å². The fourth-order valence-electron chi connectivity index (χ4n) is 4.03. The summed E-state index contributed by atoms with van der Waals surface area (Å²) >= 11 is 0. The molecule has 2 atom stereocenters. The number of methoxy groups -OCH3 is 1. The van der Waals surface area contributed by atoms with Gasteiger partial charge in [0, 0.05) is 18.3 Å². The molecule has 0 aromatic heterocycles. The van der Waals surface area contributed by atoms with Crippen molar-refractivity contribution in [1.29, 1.82) is 0 Å². The molecule has 2 heterocycles. The Balaban J connectivity index is 1.65. The molecule has 27 heavy (non-hydrogen) atoms. The number of sulfone groups is 1. The highest BCUT2D eigenvalue weighted by Crippen LogP contribution is 2.33. The van der Waals surface area contributed by atoms with Crippen LogP contribution in [-0.4, -0.2) is 56.5 Å². The third kappa shape index (κ3) is 3.57. The Morgan fingerprint density at radius 1 is 1.00 bits per heavy atom. The van der Waals surface area contributed by atoms with E-state index in [0.29, 0.717) is 18.0 Å². The van der Waals surface area contributed by atoms with Gasteiger partial charge in [0.1, 0.15) is 5.75 Å². The van der Waals surface area contributed by atoms with Gasteiger partial charge in [-0.1, -0.05) is 30.3 Å². The topological polar surface area (TPSA) is 66.9 Å². The van der Waals surface area contributed by atoms with E-state index in [9.17, 15) is 13.2 Å². The average Bonchev–Trinajstić information content (AvgIpc) is 2.98. The molecule has 0 N–H and O–H groups in total. The maximum Gasteiger partial charge on any atom is 0.241 e. The van der Waals surface area contributed by atoms with Gasteiger partial charge in [0.05, 0.1) is 31.2 Å². The van der Waals surface area contributed by atoms with E-state index in [1.165, 1.54) is 0 Å². The number of piperazine rings is 1. The molecular formula is C20H22N2O4S. The second-order valence-corrected chi connectivity index (χ2v) is 9.22. The van der Waals surface area contributed by atoms with E-state index in [1.807, 2.05) is 47.4 Å². The molecule has 2 aromatic rings. The van der Waals surface area contributed by atoms with Crippen molar-refractivity contribution in [3.63, 3.8) is 0 Å². The fraction of sp³-hybridized carbons (Fsp3) is 0.350. The van der Waals surface area contributed by atoms with Gasteiger partial charge in [0.2, 0.25) is 5.91 Å². The fourth-order valence-corrected chi connectivity index (χ4v) is 6.01. The Morgan fingerprint density at radius 2 is 1.67 bits per heavy atom. The lowest BCUT2D eigenvalue weighted by atomic mass is 10.0. The predicted molar refractivity (Wildman–Crippen MR) is 104 cm³/mol. The van der Waals surface area contributed by atoms with Crippen LogP contribution in [-0.2, 0) is 21.2 Å². The molecule has 2 saturated heterocycles. The largest absolute Gasteiger partial charge is 0.497 e. The first-order chi connectivity index (χ1) is 13.0. The number of amides is 1. The summed E-state index contributed by atoms with van der Waals surface area (Å²) in [6.45, 7) is 0.775. The standard InChI is InChI=1S/C20H22N2O4S/c1-26-17-9-7-16(8-10-17)22-19-14-27(24,25)13-18(19)21(12-20(22)23)11-15-5-3-2-4-6-15/h2-10,18-19H,11-14H2,1H3. The minimum Gasteiger partial charge on any atom is -0.497 e. The molecular weight excluding hydrogens is 364 g/mol. The van der Waals surface area contributed by atoms with Gasteiger partial charge in [-0.05, 0) is 29.8 Å². The first-order valence-corrected chi connectivity index (χ1v) is 10.7. The van der Waals surface area contributed by atoms with Crippen molar-refractivity contribution in [3.05, 3.63) is 60.2 Å². The molecule has 0 spiro atoms. The summed E-state index contributed by atoms with van der Waals surface area (Å²) in [4.78, 5) is 16.6. The molecule has 7 heteroatoms. The maximum absolute atomic E-state index is 13.0. The van der Waals surface area contributed by atoms with Crippen LogP contribution >= 0.6 is 0 Å². The summed E-state index contributed by atoms with van der Waals surface area (Å²) in [5.74, 6) is 0.712. The van der Waals surface area contributed by atoms with Crippen LogP contribution in [0.5, 0.6) is 5.75 Å². The Labute approximate surface area is 159 Å². The SMILES string of the molecule is COc1ccc(N2C(=O)CN(Cc3ccccc3)C3CS(=O)(=O)CC32)cc1. The molecule has 0 saturated carbocycles. The van der Waals surface area contributed by atoms with E-state index >= 15 is 0 Å². The van der Waals surface area contributed by atoms with E-state index in [2.05, 4.69) is 0 Å². The molecule has 142 valence electrons. The number of fused-ring (bicyclic) bond motifs is 1. The molecule has 0 bridgehead atoms. The Bertz CT molecular complexity index is 928. The zero-order valence-electron chi connectivity index (χ0n) is 15.1. The number of nitrogens with zero attached hydrogens (tertiary/aromatic N) is 2. The zero-order chi connectivity index (χ0) is 19.0. The van der Waals surface area contributed by atoms with Gasteiger partial charge in [-0.2, -0.15) is 0 Å². The monoisotopic (exact) mass is 386 g/mol. The maximum atomic E-state index is 13.0. The van der Waals surface area contributed by atoms with Crippen molar-refractivity contribution in [1.82, 2.24) is 4.90 Å². The molecule has 2 unspecified atom stereocenters. The second kappa shape index (κ2) is 6.98. The predicted octanol–water partition coefficient (Wildman–Crippen LogP) is 1.71. The summed E-state index contributed by atoms with van der Waals surface area (Å²) in [6.07, 6.45) is 0. The molecule has 0 radical (unpaired) electrons. The molecule has 1 amide bonds. The number of ether oxygens (including phenoxy) is 1. The van der Waals surface area contributed by atoms with Crippen LogP contribution in [0.2, 0.25) is 0 Å². The van der Waals surface area contributed by atoms with E-state index in [0.717, 1.165) is 5.56 Å². The van der Waals surface area contributed by atoms with Gasteiger partial charge in [0.15, 0.2) is 9.84 Å². The molecule has 2 aromatic carbocycles. The number of hydrogen-bond acceptors (Lipinski definition) is 5. The lowest BCUT2D eigenvalue weighted by Gasteiger charge is -2.43. The van der Waals surface area contributed by atoms with Crippen molar-refractivity contribution in [2.24, 2.45) is 0 Å². The Kier molecular flexibility index (Phi) is 4.65. The zero-order valence-corrected chi connectivity index (χ0v) is 15.9. The lowest BCUT2D eigenvalue weighted by Crippen LogP contribution is -2.61. The van der Waals surface area contributed by atoms with E-state index in [1.54, 1.807) is 24.1 Å². The highest BCUT2D eigenvalue weighted by atomic mass is 32.2. The molecule has 2 aliphatic rings. The summed E-state index contributed by atoms with van der Waals surface area (Å²) in [7, 11) is -1.61. The number of carbonyl (C=O) groups is 1. The summed E-state index contributed by atoms with van der Waals surface area (Å²) in [5, 5.41) is 0. The Hall–Kier alpha value is -2.38. The first kappa shape index (κ1) is 18.0. The summed E-state index contributed by atoms with van der Waals surface area (Å²) < 4.78 is 30.0. The van der Waals surface area contributed by atoms with E-state index < -0.39 is 9.84 Å². The minimum atomic E-state index is -3.19. The molecule has 4 rings (SSSR count). The van der Waals surface area contributed by atoms with Crippen molar-refractivity contribution < 1.29 is 17.9 Å². The van der Waals surface area contributed by atoms with Crippen molar-refractivity contribution in [2.75, 3.05) is 30.1 Å². The molecule has 2 fully saturated rings. The number of anilines is 1. The number of benzene rings is 2. The first-order valence-electron chi connectivity index (χ1n) is 8.91. The van der Waals surface area contributed by atoms with E-state index in [4.69, 9.17) is 4.74 Å². The average molecular weight is 386 g/mol. The van der Waals surface area contributed by atoms with Crippen LogP contribution in [0.15, 0.2) is 54.6 Å². The lowest BCUT2D eigenvalue weighted by molar-refractivity contribution is -0.123. The van der Waals surface area contributed by atoms with Gasteiger partial charge in [-0.15, -0.1) is 0 Å². The molecule has 0 aliphatic carbocycles. The third-order valence-electron chi connectivity index (χ3n) is 5.28. The Morgan fingerprint density at radius 3 is 2.33 bits per heavy atom. The van der Waals surface area contributed by atoms with Gasteiger partial charge in [0.25, 0.3) is 0 Å². The quantitative estimate of drug-likeness (QED) is 0.800. The van der Waals surface area contributed by atoms with E-state index in [-0.39, 0.29) is 36.0 Å². The number of rotatable bonds is 4. The minimum absolute atomic E-state index is 0.000720. The van der Waals surface area contributed by atoms with Gasteiger partial charge < -0.3 is 9.64 Å². The molecule has 6 nitrogen and oxygen atoms in total. The highest BCUT2D eigenvalue weighted by Gasteiger charge is 2.49. The van der Waals surface area contributed by atoms with Crippen molar-refractivity contribution >= 4 is 21.4 Å². The van der Waals surface area contributed by atoms with Crippen molar-refractivity contribution in [3.8, 4) is 5.75 Å². The third-order valence-corrected chi connectivity index (χ3v) is 6.98. The van der Waals surface area contributed by atoms with Gasteiger partial charge in [-0.3, -0.25) is 9.69 Å². The highest BCUT2D eigenvalue weighted by molar-refractivity contribution is 7.91. The summed E-state index contributed by atoms with van der Waals surface area (Å²) in [6, 6.07) is 16.5. The normalized spacial score (nSPS) is 24.6. The van der Waals surface area contributed by atoms with Gasteiger partial charge >= 0.3 is 0 Å². The van der Waals surface area contributed by atoms with Gasteiger partial charge in [-0.25, -0.2) is 8.42 Å². The van der Waals surface area contributed by atoms with Crippen LogP contribution in [0, 0.1) is 0 Å². The van der Waals surface area contributed by atoms with Crippen LogP contribution in [0.25, 0.3) is 0 Å². The number of hydrogen-bond donors (Lipinski definition) is 0.